The molecule has 0 saturated carbocycles. The van der Waals surface area contributed by atoms with Crippen LogP contribution in [-0.4, -0.2) is 68.2 Å². The van der Waals surface area contributed by atoms with Gasteiger partial charge in [0.1, 0.15) is 11.6 Å². The molecule has 8 nitrogen and oxygen atoms in total. The van der Waals surface area contributed by atoms with Gasteiger partial charge < -0.3 is 4.74 Å². The summed E-state index contributed by atoms with van der Waals surface area (Å²) in [5.74, 6) is 1.25. The second kappa shape index (κ2) is 6.86. The normalized spacial score (nSPS) is 24.2. The molecule has 0 aliphatic carbocycles. The summed E-state index contributed by atoms with van der Waals surface area (Å²) in [6, 6.07) is 0. The lowest BCUT2D eigenvalue weighted by molar-refractivity contribution is -0.117. The summed E-state index contributed by atoms with van der Waals surface area (Å²) >= 11 is 0. The van der Waals surface area contributed by atoms with Gasteiger partial charge in [-0.3, -0.25) is 9.69 Å². The van der Waals surface area contributed by atoms with Crippen LogP contribution in [0.25, 0.3) is 0 Å². The molecule has 144 valence electrons. The van der Waals surface area contributed by atoms with Crippen LogP contribution in [0.4, 0.5) is 5.82 Å². The number of rotatable bonds is 5. The van der Waals surface area contributed by atoms with E-state index in [1.165, 1.54) is 10.6 Å². The highest BCUT2D eigenvalue weighted by molar-refractivity contribution is 7.88. The first-order chi connectivity index (χ1) is 12.2. The molecule has 0 unspecified atom stereocenters. The molecule has 0 bridgehead atoms. The molecule has 2 aliphatic rings. The molecule has 1 amide bonds. The van der Waals surface area contributed by atoms with Gasteiger partial charge in [-0.25, -0.2) is 22.7 Å². The molecule has 9 heteroatoms. The molecular weight excluding hydrogens is 356 g/mol. The van der Waals surface area contributed by atoms with E-state index < -0.39 is 15.4 Å². The van der Waals surface area contributed by atoms with Crippen molar-refractivity contribution in [3.8, 4) is 0 Å². The number of ether oxygens (including phenoxy) is 1. The molecule has 0 aromatic carbocycles. The number of methoxy groups -OCH3 is 1. The van der Waals surface area contributed by atoms with Gasteiger partial charge in [0.05, 0.1) is 25.8 Å². The van der Waals surface area contributed by atoms with E-state index in [0.29, 0.717) is 44.3 Å². The molecule has 0 spiro atoms. The topological polar surface area (TPSA) is 92.7 Å². The van der Waals surface area contributed by atoms with Gasteiger partial charge in [-0.2, -0.15) is 0 Å². The fourth-order valence-corrected chi connectivity index (χ4v) is 4.70. The molecule has 3 heterocycles. The maximum Gasteiger partial charge on any atom is 0.232 e. The lowest BCUT2D eigenvalue weighted by atomic mass is 9.81. The lowest BCUT2D eigenvalue weighted by Gasteiger charge is -2.38. The second-order valence-electron chi connectivity index (χ2n) is 7.41. The van der Waals surface area contributed by atoms with E-state index in [-0.39, 0.29) is 5.91 Å². The first-order valence-electron chi connectivity index (χ1n) is 8.78. The van der Waals surface area contributed by atoms with E-state index in [4.69, 9.17) is 9.72 Å². The van der Waals surface area contributed by atoms with Gasteiger partial charge in [0, 0.05) is 36.9 Å². The highest BCUT2D eigenvalue weighted by Crippen LogP contribution is 2.36. The van der Waals surface area contributed by atoms with Crippen LogP contribution in [-0.2, 0) is 31.4 Å². The Morgan fingerprint density at radius 1 is 1.31 bits per heavy atom. The van der Waals surface area contributed by atoms with Crippen LogP contribution >= 0.6 is 0 Å². The van der Waals surface area contributed by atoms with E-state index in [0.717, 1.165) is 24.1 Å². The van der Waals surface area contributed by atoms with Crippen LogP contribution in [0.1, 0.15) is 36.8 Å². The van der Waals surface area contributed by atoms with Crippen molar-refractivity contribution in [2.75, 3.05) is 44.5 Å². The summed E-state index contributed by atoms with van der Waals surface area (Å²) in [5.41, 5.74) is 1.17. The minimum absolute atomic E-state index is 0.00170. The molecular formula is C17H26N4O4S. The first kappa shape index (κ1) is 19.2. The number of carbonyl (C=O) groups is 1. The Hall–Kier alpha value is -1.58. The number of hydrogen-bond donors (Lipinski definition) is 0. The third-order valence-corrected chi connectivity index (χ3v) is 6.52. The monoisotopic (exact) mass is 382 g/mol. The number of amides is 1. The van der Waals surface area contributed by atoms with Gasteiger partial charge in [0.2, 0.25) is 15.9 Å². The van der Waals surface area contributed by atoms with E-state index >= 15 is 0 Å². The maximum atomic E-state index is 12.4. The van der Waals surface area contributed by atoms with Gasteiger partial charge in [-0.15, -0.1) is 0 Å². The fraction of sp³-hybridized carbons (Fsp3) is 0.706. The first-order valence-corrected chi connectivity index (χ1v) is 10.6. The summed E-state index contributed by atoms with van der Waals surface area (Å²) < 4.78 is 30.6. The molecule has 1 fully saturated rings. The summed E-state index contributed by atoms with van der Waals surface area (Å²) in [6.07, 6.45) is 3.11. The van der Waals surface area contributed by atoms with Crippen LogP contribution in [0.5, 0.6) is 0 Å². The molecule has 2 aliphatic heterocycles. The van der Waals surface area contributed by atoms with Crippen molar-refractivity contribution in [3.63, 3.8) is 0 Å². The average Bonchev–Trinajstić information content (AvgIpc) is 2.88. The predicted molar refractivity (Wildman–Crippen MR) is 97.7 cm³/mol. The van der Waals surface area contributed by atoms with E-state index in [1.54, 1.807) is 12.0 Å². The van der Waals surface area contributed by atoms with Crippen molar-refractivity contribution < 1.29 is 17.9 Å². The number of aryl methyl sites for hydroxylation is 1. The van der Waals surface area contributed by atoms with Crippen molar-refractivity contribution in [3.05, 3.63) is 17.1 Å². The Morgan fingerprint density at radius 2 is 2.04 bits per heavy atom. The SMILES string of the molecule is COCCN1C(=O)Cc2c(C)nc([C@@]3(C)CCCN(S(C)(=O)=O)C3)nc21. The third kappa shape index (κ3) is 3.47. The van der Waals surface area contributed by atoms with E-state index in [9.17, 15) is 13.2 Å². The second-order valence-corrected chi connectivity index (χ2v) is 9.39. The molecule has 1 saturated heterocycles. The van der Waals surface area contributed by atoms with Gasteiger partial charge in [0.25, 0.3) is 0 Å². The highest BCUT2D eigenvalue weighted by atomic mass is 32.2. The summed E-state index contributed by atoms with van der Waals surface area (Å²) in [4.78, 5) is 23.4. The quantitative estimate of drug-likeness (QED) is 0.742. The molecule has 3 rings (SSSR count). The van der Waals surface area contributed by atoms with Crippen molar-refractivity contribution in [2.45, 2.75) is 38.5 Å². The van der Waals surface area contributed by atoms with Crippen LogP contribution in [0.3, 0.4) is 0 Å². The largest absolute Gasteiger partial charge is 0.383 e. The number of hydrogen-bond acceptors (Lipinski definition) is 6. The van der Waals surface area contributed by atoms with Crippen molar-refractivity contribution in [2.24, 2.45) is 0 Å². The number of fused-ring (bicyclic) bond motifs is 1. The zero-order valence-corrected chi connectivity index (χ0v) is 16.6. The van der Waals surface area contributed by atoms with E-state index in [1.807, 2.05) is 13.8 Å². The van der Waals surface area contributed by atoms with Crippen molar-refractivity contribution in [1.82, 2.24) is 14.3 Å². The minimum atomic E-state index is -3.26. The molecule has 26 heavy (non-hydrogen) atoms. The number of anilines is 1. The number of piperidine rings is 1. The van der Waals surface area contributed by atoms with Crippen molar-refractivity contribution >= 4 is 21.7 Å². The van der Waals surface area contributed by atoms with Crippen molar-refractivity contribution in [1.29, 1.82) is 0 Å². The summed E-state index contributed by atoms with van der Waals surface area (Å²) in [6.45, 7) is 5.65. The van der Waals surface area contributed by atoms with Crippen LogP contribution in [0.15, 0.2) is 0 Å². The Morgan fingerprint density at radius 3 is 2.69 bits per heavy atom. The Balaban J connectivity index is 1.98. The maximum absolute atomic E-state index is 12.4. The Labute approximate surface area is 154 Å². The zero-order valence-electron chi connectivity index (χ0n) is 15.8. The standard InChI is InChI=1S/C17H26N4O4S/c1-12-13-10-14(22)21(8-9-25-3)15(13)19-16(18-12)17(2)6-5-7-20(11-17)26(4,23)24/h5-11H2,1-4H3/t17-/m0/s1. The van der Waals surface area contributed by atoms with Gasteiger partial charge in [-0.05, 0) is 19.8 Å². The van der Waals surface area contributed by atoms with Crippen LogP contribution in [0, 0.1) is 6.92 Å². The Bertz CT molecular complexity index is 826. The van der Waals surface area contributed by atoms with Crippen LogP contribution in [0.2, 0.25) is 0 Å². The smallest absolute Gasteiger partial charge is 0.232 e. The number of carbonyl (C=O) groups excluding carboxylic acids is 1. The van der Waals surface area contributed by atoms with E-state index in [2.05, 4.69) is 4.98 Å². The predicted octanol–water partition coefficient (Wildman–Crippen LogP) is 0.634. The number of aromatic nitrogens is 2. The average molecular weight is 382 g/mol. The van der Waals surface area contributed by atoms with Gasteiger partial charge in [-0.1, -0.05) is 6.92 Å². The molecule has 0 N–H and O–H groups in total. The van der Waals surface area contributed by atoms with Crippen LogP contribution < -0.4 is 4.90 Å². The number of sulfonamides is 1. The molecule has 1 aromatic heterocycles. The summed E-state index contributed by atoms with van der Waals surface area (Å²) in [7, 11) is -1.66. The fourth-order valence-electron chi connectivity index (χ4n) is 3.72. The van der Waals surface area contributed by atoms with Gasteiger partial charge in [0.15, 0.2) is 0 Å². The minimum Gasteiger partial charge on any atom is -0.383 e. The molecule has 1 aromatic rings. The molecule has 0 radical (unpaired) electrons. The van der Waals surface area contributed by atoms with Gasteiger partial charge >= 0.3 is 0 Å². The molecule has 1 atom stereocenters. The lowest BCUT2D eigenvalue weighted by Crippen LogP contribution is -2.47. The number of nitrogens with zero attached hydrogens (tertiary/aromatic N) is 4. The summed E-state index contributed by atoms with van der Waals surface area (Å²) in [5, 5.41) is 0. The zero-order chi connectivity index (χ0) is 19.1. The highest BCUT2D eigenvalue weighted by Gasteiger charge is 2.40. The Kier molecular flexibility index (Phi) is 5.06. The third-order valence-electron chi connectivity index (χ3n) is 5.27.